The second-order valence-corrected chi connectivity index (χ2v) is 13.4. The Kier molecular flexibility index (Phi) is 12.7. The highest BCUT2D eigenvalue weighted by atomic mass is 19.1. The maximum atomic E-state index is 14.8. The number of rotatable bonds is 13. The van der Waals surface area contributed by atoms with E-state index in [2.05, 4.69) is 35.5 Å². The Morgan fingerprint density at radius 2 is 1.94 bits per heavy atom. The lowest BCUT2D eigenvalue weighted by molar-refractivity contribution is -0.131. The molecule has 2 aliphatic heterocycles. The summed E-state index contributed by atoms with van der Waals surface area (Å²) in [7, 11) is 3.34. The van der Waals surface area contributed by atoms with Crippen LogP contribution in [-0.4, -0.2) is 118 Å². The second-order valence-electron chi connectivity index (χ2n) is 13.4. The molecule has 2 N–H and O–H groups in total. The number of aromatic nitrogens is 6. The average molecular weight is 740 g/mol. The number of methoxy groups -OCH3 is 2. The first-order valence-corrected chi connectivity index (χ1v) is 18.0. The molecular formula is C39H46FN9O5. The van der Waals surface area contributed by atoms with E-state index in [-0.39, 0.29) is 23.9 Å². The van der Waals surface area contributed by atoms with Gasteiger partial charge in [-0.3, -0.25) is 24.3 Å². The number of hydrogen-bond acceptors (Lipinski definition) is 10. The van der Waals surface area contributed by atoms with E-state index in [1.807, 2.05) is 61.2 Å². The Labute approximate surface area is 313 Å². The smallest absolute Gasteiger partial charge is 0.237 e. The normalized spacial score (nSPS) is 15.9. The molecule has 2 amide bonds. The molecule has 0 radical (unpaired) electrons. The second kappa shape index (κ2) is 18.0. The van der Waals surface area contributed by atoms with E-state index in [4.69, 9.17) is 14.2 Å². The zero-order valence-electron chi connectivity index (χ0n) is 31.0. The number of aromatic amines is 1. The summed E-state index contributed by atoms with van der Waals surface area (Å²) in [4.78, 5) is 35.7. The number of ether oxygens (including phenoxy) is 3. The number of carbonyl (C=O) groups is 2. The van der Waals surface area contributed by atoms with Crippen LogP contribution in [0.25, 0.3) is 39.1 Å². The minimum Gasteiger partial charge on any atom is -0.475 e. The highest BCUT2D eigenvalue weighted by molar-refractivity contribution is 5.95. The maximum Gasteiger partial charge on any atom is 0.237 e. The molecule has 1 atom stereocenters. The summed E-state index contributed by atoms with van der Waals surface area (Å²) in [6.45, 7) is 8.31. The van der Waals surface area contributed by atoms with Crippen molar-refractivity contribution < 1.29 is 28.2 Å². The molecule has 54 heavy (non-hydrogen) atoms. The van der Waals surface area contributed by atoms with Crippen molar-refractivity contribution in [3.63, 3.8) is 0 Å². The zero-order chi connectivity index (χ0) is 38.0. The molecule has 2 aromatic carbocycles. The molecule has 2 aliphatic rings. The lowest BCUT2D eigenvalue weighted by Crippen LogP contribution is -2.41. The van der Waals surface area contributed by atoms with E-state index in [0.29, 0.717) is 62.9 Å². The van der Waals surface area contributed by atoms with Gasteiger partial charge >= 0.3 is 0 Å². The number of nitrogens with one attached hydrogen (secondary N) is 2. The summed E-state index contributed by atoms with van der Waals surface area (Å²) < 4.78 is 32.4. The Morgan fingerprint density at radius 3 is 2.63 bits per heavy atom. The predicted molar refractivity (Wildman–Crippen MR) is 203 cm³/mol. The number of carbonyl (C=O) groups excluding carboxylic acids is 2. The van der Waals surface area contributed by atoms with Crippen molar-refractivity contribution in [2.45, 2.75) is 45.4 Å². The van der Waals surface area contributed by atoms with Crippen molar-refractivity contribution in [2.24, 2.45) is 0 Å². The van der Waals surface area contributed by atoms with Gasteiger partial charge in [-0.25, -0.2) is 14.4 Å². The van der Waals surface area contributed by atoms with E-state index in [1.54, 1.807) is 37.5 Å². The molecule has 1 saturated heterocycles. The molecular weight excluding hydrogens is 693 g/mol. The highest BCUT2D eigenvalue weighted by Gasteiger charge is 2.26. The number of nitrogens with zero attached hydrogens (tertiary/aromatic N) is 7. The fourth-order valence-corrected chi connectivity index (χ4v) is 6.41. The molecule has 0 unspecified atom stereocenters. The van der Waals surface area contributed by atoms with E-state index in [1.165, 1.54) is 6.07 Å². The average Bonchev–Trinajstić information content (AvgIpc) is 3.95. The van der Waals surface area contributed by atoms with Crippen LogP contribution < -0.4 is 10.1 Å². The van der Waals surface area contributed by atoms with Crippen molar-refractivity contribution in [2.75, 3.05) is 58.9 Å². The number of hydrogen-bond donors (Lipinski definition) is 2. The van der Waals surface area contributed by atoms with Crippen LogP contribution in [0.15, 0.2) is 67.1 Å². The van der Waals surface area contributed by atoms with Gasteiger partial charge in [0.15, 0.2) is 5.82 Å². The number of anilines is 1. The summed E-state index contributed by atoms with van der Waals surface area (Å²) >= 11 is 0. The van der Waals surface area contributed by atoms with Gasteiger partial charge < -0.3 is 24.4 Å². The van der Waals surface area contributed by atoms with Gasteiger partial charge in [0.05, 0.1) is 43.0 Å². The monoisotopic (exact) mass is 739 g/mol. The Bertz CT molecular complexity index is 2060. The van der Waals surface area contributed by atoms with Gasteiger partial charge in [0, 0.05) is 69.3 Å². The van der Waals surface area contributed by atoms with Crippen LogP contribution in [0.1, 0.15) is 32.3 Å². The van der Waals surface area contributed by atoms with E-state index >= 15 is 0 Å². The molecule has 0 aliphatic carbocycles. The SMILES string of the molecule is CC(C)Oc1ccc(-c2n[nH]c3ccc(NC=O)cc23)cn1.COCCn1cnc(-c2ccc(C3=CCN(C(=O)CN4CC[C@H](OC)C4)CC3)cc2F)n1. The molecule has 14 nitrogen and oxygen atoms in total. The molecule has 3 aromatic heterocycles. The van der Waals surface area contributed by atoms with Crippen LogP contribution in [0.2, 0.25) is 0 Å². The molecule has 15 heteroatoms. The van der Waals surface area contributed by atoms with Crippen LogP contribution in [0.3, 0.4) is 0 Å². The summed E-state index contributed by atoms with van der Waals surface area (Å²) in [6, 6.07) is 14.5. The van der Waals surface area contributed by atoms with Crippen molar-refractivity contribution in [3.05, 3.63) is 78.5 Å². The van der Waals surface area contributed by atoms with Gasteiger partial charge in [0.25, 0.3) is 0 Å². The van der Waals surface area contributed by atoms with Crippen LogP contribution >= 0.6 is 0 Å². The number of fused-ring (bicyclic) bond motifs is 1. The van der Waals surface area contributed by atoms with Gasteiger partial charge in [-0.1, -0.05) is 12.1 Å². The number of pyridine rings is 1. The summed E-state index contributed by atoms with van der Waals surface area (Å²) in [6.07, 6.45) is 7.97. The first-order valence-electron chi connectivity index (χ1n) is 18.0. The molecule has 0 saturated carbocycles. The molecule has 7 rings (SSSR count). The number of H-pyrrole nitrogens is 1. The fourth-order valence-electron chi connectivity index (χ4n) is 6.41. The van der Waals surface area contributed by atoms with E-state index in [0.717, 1.165) is 58.5 Å². The third kappa shape index (κ3) is 9.53. The predicted octanol–water partition coefficient (Wildman–Crippen LogP) is 5.05. The Balaban J connectivity index is 0.000000197. The minimum atomic E-state index is -0.354. The van der Waals surface area contributed by atoms with Crippen LogP contribution in [0.5, 0.6) is 5.88 Å². The molecule has 0 bridgehead atoms. The van der Waals surface area contributed by atoms with Gasteiger partial charge in [-0.05, 0) is 74.2 Å². The van der Waals surface area contributed by atoms with Crippen LogP contribution in [0.4, 0.5) is 10.1 Å². The molecule has 5 heterocycles. The van der Waals surface area contributed by atoms with Gasteiger partial charge in [-0.15, -0.1) is 0 Å². The third-order valence-corrected chi connectivity index (χ3v) is 9.28. The first kappa shape index (κ1) is 38.2. The van der Waals surface area contributed by atoms with Crippen LogP contribution in [0, 0.1) is 5.82 Å². The maximum absolute atomic E-state index is 14.8. The Morgan fingerprint density at radius 1 is 1.09 bits per heavy atom. The largest absolute Gasteiger partial charge is 0.475 e. The van der Waals surface area contributed by atoms with Crippen molar-refractivity contribution in [1.82, 2.24) is 39.7 Å². The quantitative estimate of drug-likeness (QED) is 0.157. The van der Waals surface area contributed by atoms with Gasteiger partial charge in [-0.2, -0.15) is 10.2 Å². The van der Waals surface area contributed by atoms with Crippen molar-refractivity contribution in [1.29, 1.82) is 0 Å². The number of benzene rings is 2. The highest BCUT2D eigenvalue weighted by Crippen LogP contribution is 2.30. The molecule has 1 fully saturated rings. The first-order chi connectivity index (χ1) is 26.2. The zero-order valence-corrected chi connectivity index (χ0v) is 31.0. The lowest BCUT2D eigenvalue weighted by Gasteiger charge is -2.28. The summed E-state index contributed by atoms with van der Waals surface area (Å²) in [5.74, 6) is 0.723. The van der Waals surface area contributed by atoms with Gasteiger partial charge in [0.2, 0.25) is 18.2 Å². The van der Waals surface area contributed by atoms with Crippen molar-refractivity contribution in [3.8, 4) is 28.5 Å². The standard InChI is InChI=1S/C23H30FN5O3.C16H16N4O2/c1-31-12-11-29-16-25-23(26-29)20-4-3-18(13-21(20)24)17-5-9-28(10-6-17)22(30)15-27-8-7-19(14-27)32-2;1-10(2)22-15-6-3-11(8-17-15)16-13-7-12(18-9-21)4-5-14(13)19-20-16/h3-5,13,16,19H,6-12,14-15H2,1-2H3;3-10H,1-2H3,(H,18,21)(H,19,20)/t19-;/m0./s1. The number of amides is 2. The number of halogens is 1. The molecule has 5 aromatic rings. The molecule has 0 spiro atoms. The fraction of sp³-hybridized carbons (Fsp3) is 0.385. The minimum absolute atomic E-state index is 0.0848. The lowest BCUT2D eigenvalue weighted by atomic mass is 9.98. The van der Waals surface area contributed by atoms with Crippen molar-refractivity contribution >= 4 is 34.5 Å². The van der Waals surface area contributed by atoms with Crippen LogP contribution in [-0.2, 0) is 25.6 Å². The molecule has 284 valence electrons. The van der Waals surface area contributed by atoms with Gasteiger partial charge in [0.1, 0.15) is 17.8 Å². The van der Waals surface area contributed by atoms with E-state index < -0.39 is 0 Å². The number of likely N-dealkylation sites (tertiary alicyclic amines) is 1. The summed E-state index contributed by atoms with van der Waals surface area (Å²) in [5, 5.41) is 15.2. The topological polar surface area (TPSA) is 153 Å². The Hall–Kier alpha value is -5.51. The summed E-state index contributed by atoms with van der Waals surface area (Å²) in [5.41, 5.74) is 5.54. The van der Waals surface area contributed by atoms with E-state index in [9.17, 15) is 14.0 Å². The third-order valence-electron chi connectivity index (χ3n) is 9.28.